The van der Waals surface area contributed by atoms with E-state index in [-0.39, 0.29) is 17.4 Å². The molecule has 2 fully saturated rings. The van der Waals surface area contributed by atoms with Crippen molar-refractivity contribution in [2.75, 3.05) is 51.8 Å². The normalized spacial score (nSPS) is 17.6. The summed E-state index contributed by atoms with van der Waals surface area (Å²) in [4.78, 5) is 43.4. The van der Waals surface area contributed by atoms with E-state index in [0.717, 1.165) is 22.3 Å². The molecule has 0 spiro atoms. The van der Waals surface area contributed by atoms with E-state index in [1.165, 1.54) is 7.11 Å². The smallest absolute Gasteiger partial charge is 0.294 e. The molecule has 0 saturated carbocycles. The average molecular weight is 468 g/mol. The van der Waals surface area contributed by atoms with Gasteiger partial charge >= 0.3 is 0 Å². The van der Waals surface area contributed by atoms with Crippen molar-refractivity contribution in [2.45, 2.75) is 0 Å². The number of rotatable bonds is 6. The summed E-state index contributed by atoms with van der Waals surface area (Å²) in [6.45, 7) is 2.24. The van der Waals surface area contributed by atoms with Crippen LogP contribution >= 0.6 is 11.8 Å². The predicted octanol–water partition coefficient (Wildman–Crippen LogP) is 3.09. The quantitative estimate of drug-likeness (QED) is 0.604. The Hall–Kier alpha value is -3.46. The van der Waals surface area contributed by atoms with Crippen LogP contribution in [0.1, 0.15) is 5.56 Å². The average Bonchev–Trinajstić information content (AvgIpc) is 3.12. The summed E-state index contributed by atoms with van der Waals surface area (Å²) in [6.07, 6.45) is 1.60. The molecule has 2 aromatic carbocycles. The van der Waals surface area contributed by atoms with Crippen LogP contribution in [0.3, 0.4) is 0 Å². The number of thioether (sulfide) groups is 1. The first kappa shape index (κ1) is 22.7. The minimum Gasteiger partial charge on any atom is -0.497 e. The van der Waals surface area contributed by atoms with E-state index in [0.29, 0.717) is 43.2 Å². The second kappa shape index (κ2) is 9.99. The molecule has 0 aliphatic carbocycles. The molecule has 0 radical (unpaired) electrons. The monoisotopic (exact) mass is 467 g/mol. The van der Waals surface area contributed by atoms with Gasteiger partial charge in [0.1, 0.15) is 18.0 Å². The molecule has 33 heavy (non-hydrogen) atoms. The van der Waals surface area contributed by atoms with Crippen molar-refractivity contribution >= 4 is 40.6 Å². The number of amides is 3. The van der Waals surface area contributed by atoms with Gasteiger partial charge in [0.25, 0.3) is 11.1 Å². The van der Waals surface area contributed by atoms with Crippen molar-refractivity contribution in [1.29, 1.82) is 0 Å². The molecule has 0 unspecified atom stereocenters. The van der Waals surface area contributed by atoms with Crippen LogP contribution in [0.4, 0.5) is 10.5 Å². The number of para-hydroxylation sites is 1. The third-order valence-electron chi connectivity index (χ3n) is 5.65. The van der Waals surface area contributed by atoms with Crippen LogP contribution < -0.4 is 14.4 Å². The van der Waals surface area contributed by atoms with Gasteiger partial charge in [-0.2, -0.15) is 0 Å². The van der Waals surface area contributed by atoms with Crippen LogP contribution in [0.5, 0.6) is 11.5 Å². The second-order valence-electron chi connectivity index (χ2n) is 7.58. The molecule has 9 heteroatoms. The fraction of sp³-hybridized carbons (Fsp3) is 0.292. The summed E-state index contributed by atoms with van der Waals surface area (Å²) in [5.41, 5.74) is 1.77. The molecule has 0 aromatic heterocycles. The Bertz CT molecular complexity index is 1080. The lowest BCUT2D eigenvalue weighted by atomic mass is 10.1. The highest BCUT2D eigenvalue weighted by Gasteiger charge is 2.37. The molecule has 0 bridgehead atoms. The number of nitrogens with zero attached hydrogens (tertiary/aromatic N) is 3. The minimum atomic E-state index is -0.473. The Morgan fingerprint density at radius 2 is 1.73 bits per heavy atom. The Kier molecular flexibility index (Phi) is 6.88. The first-order valence-corrected chi connectivity index (χ1v) is 11.4. The molecule has 4 rings (SSSR count). The molecule has 2 heterocycles. The number of benzene rings is 2. The molecule has 3 amide bonds. The highest BCUT2D eigenvalue weighted by molar-refractivity contribution is 8.18. The molecule has 8 nitrogen and oxygen atoms in total. The van der Waals surface area contributed by atoms with E-state index in [1.54, 1.807) is 36.3 Å². The van der Waals surface area contributed by atoms with Crippen molar-refractivity contribution < 1.29 is 23.9 Å². The van der Waals surface area contributed by atoms with Crippen LogP contribution in [0.15, 0.2) is 53.4 Å². The zero-order chi connectivity index (χ0) is 23.4. The maximum Gasteiger partial charge on any atom is 0.294 e. The molecule has 0 N–H and O–H groups in total. The van der Waals surface area contributed by atoms with Gasteiger partial charge in [-0.15, -0.1) is 0 Å². The van der Waals surface area contributed by atoms with Crippen molar-refractivity contribution in [3.05, 3.63) is 59.0 Å². The Morgan fingerprint density at radius 3 is 2.39 bits per heavy atom. The van der Waals surface area contributed by atoms with E-state index < -0.39 is 11.1 Å². The van der Waals surface area contributed by atoms with E-state index in [4.69, 9.17) is 9.47 Å². The Balaban J connectivity index is 1.39. The third-order valence-corrected chi connectivity index (χ3v) is 6.56. The predicted molar refractivity (Wildman–Crippen MR) is 127 cm³/mol. The van der Waals surface area contributed by atoms with Gasteiger partial charge in [0.05, 0.1) is 19.1 Å². The minimum absolute atomic E-state index is 0.228. The summed E-state index contributed by atoms with van der Waals surface area (Å²) >= 11 is 0.825. The summed E-state index contributed by atoms with van der Waals surface area (Å²) in [5, 5.41) is -0.449. The number of piperazine rings is 1. The van der Waals surface area contributed by atoms with Gasteiger partial charge in [-0.05, 0) is 42.1 Å². The maximum absolute atomic E-state index is 12.9. The lowest BCUT2D eigenvalue weighted by Crippen LogP contribution is -2.51. The number of carbonyl (C=O) groups excluding carboxylic acids is 3. The zero-order valence-corrected chi connectivity index (χ0v) is 19.3. The van der Waals surface area contributed by atoms with Crippen LogP contribution in [0, 0.1) is 0 Å². The molecular weight excluding hydrogens is 442 g/mol. The molecule has 0 atom stereocenters. The number of hydrogen-bond donors (Lipinski definition) is 0. The molecule has 172 valence electrons. The Labute approximate surface area is 196 Å². The molecule has 2 aromatic rings. The van der Waals surface area contributed by atoms with E-state index in [2.05, 4.69) is 4.90 Å². The van der Waals surface area contributed by atoms with Gasteiger partial charge in [0.2, 0.25) is 5.91 Å². The summed E-state index contributed by atoms with van der Waals surface area (Å²) in [6, 6.07) is 15.2. The van der Waals surface area contributed by atoms with Crippen LogP contribution in [-0.4, -0.2) is 73.8 Å². The summed E-state index contributed by atoms with van der Waals surface area (Å²) in [5.74, 6) is 0.441. The number of hydrogen-bond acceptors (Lipinski definition) is 7. The number of ether oxygens (including phenoxy) is 2. The van der Waals surface area contributed by atoms with Gasteiger partial charge < -0.3 is 19.3 Å². The van der Waals surface area contributed by atoms with Crippen molar-refractivity contribution in [3.8, 4) is 11.5 Å². The SMILES string of the molecule is COc1ccc(/C=C2/SC(=O)N(CC(=O)N3CCN(c4ccccc4)CC3)C2=O)c(OC)c1. The highest BCUT2D eigenvalue weighted by atomic mass is 32.2. The molecule has 2 saturated heterocycles. The standard InChI is InChI=1S/C24H25N3O5S/c1-31-19-9-8-17(20(15-19)32-2)14-21-23(29)27(24(30)33-21)16-22(28)26-12-10-25(11-13-26)18-6-4-3-5-7-18/h3-9,14-15H,10-13,16H2,1-2H3/b21-14+. The Morgan fingerprint density at radius 1 is 1.00 bits per heavy atom. The lowest BCUT2D eigenvalue weighted by molar-refractivity contribution is -0.136. The van der Waals surface area contributed by atoms with Crippen LogP contribution in [-0.2, 0) is 9.59 Å². The third kappa shape index (κ3) is 4.98. The van der Waals surface area contributed by atoms with Gasteiger partial charge in [0, 0.05) is 43.5 Å². The van der Waals surface area contributed by atoms with Gasteiger partial charge in [0.15, 0.2) is 0 Å². The van der Waals surface area contributed by atoms with Crippen LogP contribution in [0.25, 0.3) is 6.08 Å². The van der Waals surface area contributed by atoms with Gasteiger partial charge in [-0.3, -0.25) is 19.3 Å². The topological polar surface area (TPSA) is 79.4 Å². The van der Waals surface area contributed by atoms with Gasteiger partial charge in [-0.1, -0.05) is 18.2 Å². The van der Waals surface area contributed by atoms with Crippen molar-refractivity contribution in [3.63, 3.8) is 0 Å². The second-order valence-corrected chi connectivity index (χ2v) is 8.57. The fourth-order valence-electron chi connectivity index (χ4n) is 3.80. The van der Waals surface area contributed by atoms with Crippen molar-refractivity contribution in [1.82, 2.24) is 9.80 Å². The summed E-state index contributed by atoms with van der Waals surface area (Å²) < 4.78 is 10.6. The largest absolute Gasteiger partial charge is 0.497 e. The zero-order valence-electron chi connectivity index (χ0n) is 18.5. The first-order valence-electron chi connectivity index (χ1n) is 10.6. The number of anilines is 1. The van der Waals surface area contributed by atoms with E-state index in [1.807, 2.05) is 30.3 Å². The lowest BCUT2D eigenvalue weighted by Gasteiger charge is -2.36. The molecule has 2 aliphatic heterocycles. The number of carbonyl (C=O) groups is 3. The molecule has 2 aliphatic rings. The van der Waals surface area contributed by atoms with E-state index in [9.17, 15) is 14.4 Å². The maximum atomic E-state index is 12.9. The highest BCUT2D eigenvalue weighted by Crippen LogP contribution is 2.35. The summed E-state index contributed by atoms with van der Waals surface area (Å²) in [7, 11) is 3.08. The fourth-order valence-corrected chi connectivity index (χ4v) is 4.63. The van der Waals surface area contributed by atoms with Crippen molar-refractivity contribution in [2.24, 2.45) is 0 Å². The molecular formula is C24H25N3O5S. The van der Waals surface area contributed by atoms with Gasteiger partial charge in [-0.25, -0.2) is 0 Å². The first-order chi connectivity index (χ1) is 16.0. The number of methoxy groups -OCH3 is 2. The van der Waals surface area contributed by atoms with Crippen LogP contribution in [0.2, 0.25) is 0 Å². The number of imide groups is 1. The van der Waals surface area contributed by atoms with E-state index >= 15 is 0 Å².